The molecule has 0 fully saturated rings. The molecule has 1 rings (SSSR count). The topological polar surface area (TPSA) is 78.3 Å². The summed E-state index contributed by atoms with van der Waals surface area (Å²) in [6.45, 7) is 2.08. The second-order valence-electron chi connectivity index (χ2n) is 3.87. The molecule has 0 saturated carbocycles. The van der Waals surface area contributed by atoms with E-state index in [0.29, 0.717) is 5.92 Å². The third-order valence-corrected chi connectivity index (χ3v) is 2.74. The van der Waals surface area contributed by atoms with Crippen molar-refractivity contribution >= 4 is 5.97 Å². The molecular formula is C11H18N2O2. The van der Waals surface area contributed by atoms with Crippen LogP contribution in [0.25, 0.3) is 0 Å². The lowest BCUT2D eigenvalue weighted by Crippen LogP contribution is -2.18. The van der Waals surface area contributed by atoms with Gasteiger partial charge < -0.3 is 16.2 Å². The molecule has 0 saturated heterocycles. The molecule has 4 nitrogen and oxygen atoms in total. The standard InChI is InChI=1S/C11H18N2O2/c1-7-4-3-5-8(10(7)13)6-9(12)11(14)15-2/h6-7H,3-5,12-13H2,1-2H3/b9-6-. The third kappa shape index (κ3) is 2.75. The summed E-state index contributed by atoms with van der Waals surface area (Å²) < 4.78 is 4.52. The predicted octanol–water partition coefficient (Wildman–Crippen LogP) is 1.03. The Labute approximate surface area is 90.0 Å². The van der Waals surface area contributed by atoms with E-state index in [9.17, 15) is 4.79 Å². The Morgan fingerprint density at radius 2 is 2.27 bits per heavy atom. The molecule has 84 valence electrons. The quantitative estimate of drug-likeness (QED) is 0.527. The van der Waals surface area contributed by atoms with Gasteiger partial charge in [-0.15, -0.1) is 0 Å². The second-order valence-corrected chi connectivity index (χ2v) is 3.87. The Morgan fingerprint density at radius 1 is 1.60 bits per heavy atom. The first kappa shape index (κ1) is 11.6. The Kier molecular flexibility index (Phi) is 3.77. The SMILES string of the molecule is COC(=O)/C(N)=C/C1=C(N)C(C)CCC1. The van der Waals surface area contributed by atoms with E-state index in [1.54, 1.807) is 6.08 Å². The summed E-state index contributed by atoms with van der Waals surface area (Å²) in [4.78, 5) is 11.1. The van der Waals surface area contributed by atoms with Gasteiger partial charge in [-0.1, -0.05) is 6.92 Å². The molecule has 0 bridgehead atoms. The van der Waals surface area contributed by atoms with Gasteiger partial charge in [0, 0.05) is 5.70 Å². The maximum absolute atomic E-state index is 11.1. The summed E-state index contributed by atoms with van der Waals surface area (Å²) >= 11 is 0. The number of ether oxygens (including phenoxy) is 1. The van der Waals surface area contributed by atoms with E-state index in [0.717, 1.165) is 30.5 Å². The number of methoxy groups -OCH3 is 1. The fraction of sp³-hybridized carbons (Fsp3) is 0.545. The van der Waals surface area contributed by atoms with E-state index in [2.05, 4.69) is 11.7 Å². The smallest absolute Gasteiger partial charge is 0.353 e. The number of hydrogen-bond acceptors (Lipinski definition) is 4. The predicted molar refractivity (Wildman–Crippen MR) is 58.5 cm³/mol. The van der Waals surface area contributed by atoms with Crippen molar-refractivity contribution in [2.24, 2.45) is 17.4 Å². The normalized spacial score (nSPS) is 22.8. The Morgan fingerprint density at radius 3 is 2.87 bits per heavy atom. The molecule has 15 heavy (non-hydrogen) atoms. The number of nitrogens with two attached hydrogens (primary N) is 2. The van der Waals surface area contributed by atoms with Crippen LogP contribution in [0, 0.1) is 5.92 Å². The fourth-order valence-corrected chi connectivity index (χ4v) is 1.74. The molecule has 0 aromatic heterocycles. The minimum atomic E-state index is -0.506. The highest BCUT2D eigenvalue weighted by Crippen LogP contribution is 2.27. The van der Waals surface area contributed by atoms with Gasteiger partial charge in [0.25, 0.3) is 0 Å². The third-order valence-electron chi connectivity index (χ3n) is 2.74. The van der Waals surface area contributed by atoms with Crippen molar-refractivity contribution in [1.29, 1.82) is 0 Å². The van der Waals surface area contributed by atoms with Gasteiger partial charge >= 0.3 is 5.97 Å². The molecule has 1 aliphatic carbocycles. The Hall–Kier alpha value is -1.45. The van der Waals surface area contributed by atoms with Crippen LogP contribution in [0.15, 0.2) is 23.0 Å². The molecule has 4 N–H and O–H groups in total. The number of esters is 1. The first-order valence-electron chi connectivity index (χ1n) is 5.10. The molecule has 0 aliphatic heterocycles. The number of carbonyl (C=O) groups is 1. The van der Waals surface area contributed by atoms with Crippen molar-refractivity contribution in [3.63, 3.8) is 0 Å². The highest BCUT2D eigenvalue weighted by molar-refractivity contribution is 5.87. The maximum Gasteiger partial charge on any atom is 0.353 e. The van der Waals surface area contributed by atoms with Crippen molar-refractivity contribution in [1.82, 2.24) is 0 Å². The van der Waals surface area contributed by atoms with Crippen molar-refractivity contribution in [2.45, 2.75) is 26.2 Å². The fourth-order valence-electron chi connectivity index (χ4n) is 1.74. The van der Waals surface area contributed by atoms with Gasteiger partial charge in [-0.3, -0.25) is 0 Å². The van der Waals surface area contributed by atoms with E-state index in [-0.39, 0.29) is 5.70 Å². The Balaban J connectivity index is 2.88. The van der Waals surface area contributed by atoms with E-state index in [4.69, 9.17) is 11.5 Å². The van der Waals surface area contributed by atoms with E-state index < -0.39 is 5.97 Å². The summed E-state index contributed by atoms with van der Waals surface area (Å²) in [7, 11) is 1.31. The van der Waals surface area contributed by atoms with Crippen LogP contribution >= 0.6 is 0 Å². The lowest BCUT2D eigenvalue weighted by molar-refractivity contribution is -0.136. The number of allylic oxidation sites excluding steroid dienone is 3. The first-order chi connectivity index (χ1) is 7.06. The Bertz CT molecular complexity index is 319. The molecular weight excluding hydrogens is 192 g/mol. The minimum Gasteiger partial charge on any atom is -0.464 e. The summed E-state index contributed by atoms with van der Waals surface area (Å²) in [6, 6.07) is 0. The van der Waals surface area contributed by atoms with Crippen LogP contribution in [0.5, 0.6) is 0 Å². The van der Waals surface area contributed by atoms with Crippen molar-refractivity contribution in [3.8, 4) is 0 Å². The average molecular weight is 210 g/mol. The molecule has 0 amide bonds. The molecule has 0 radical (unpaired) electrons. The van der Waals surface area contributed by atoms with Gasteiger partial charge in [-0.05, 0) is 36.8 Å². The zero-order valence-electron chi connectivity index (χ0n) is 9.25. The molecule has 1 unspecified atom stereocenters. The lowest BCUT2D eigenvalue weighted by atomic mass is 9.88. The molecule has 4 heteroatoms. The molecule has 0 aromatic carbocycles. The summed E-state index contributed by atoms with van der Waals surface area (Å²) in [5, 5.41) is 0. The summed E-state index contributed by atoms with van der Waals surface area (Å²) in [5.74, 6) is -0.135. The number of hydrogen-bond donors (Lipinski definition) is 2. The van der Waals surface area contributed by atoms with Crippen LogP contribution in [0.2, 0.25) is 0 Å². The van der Waals surface area contributed by atoms with Crippen LogP contribution in [0.3, 0.4) is 0 Å². The molecule has 1 aliphatic rings. The van der Waals surface area contributed by atoms with Gasteiger partial charge in [-0.25, -0.2) is 4.79 Å². The second kappa shape index (κ2) is 4.87. The van der Waals surface area contributed by atoms with Crippen LogP contribution in [0.1, 0.15) is 26.2 Å². The van der Waals surface area contributed by atoms with Crippen LogP contribution in [-0.4, -0.2) is 13.1 Å². The van der Waals surface area contributed by atoms with Gasteiger partial charge in [0.2, 0.25) is 0 Å². The van der Waals surface area contributed by atoms with Crippen LogP contribution in [0.4, 0.5) is 0 Å². The molecule has 0 aromatic rings. The summed E-state index contributed by atoms with van der Waals surface area (Å²) in [6.07, 6.45) is 4.70. The van der Waals surface area contributed by atoms with Gasteiger partial charge in [0.05, 0.1) is 7.11 Å². The maximum atomic E-state index is 11.1. The van der Waals surface area contributed by atoms with E-state index in [1.165, 1.54) is 7.11 Å². The van der Waals surface area contributed by atoms with Gasteiger partial charge in [0.1, 0.15) is 5.70 Å². The minimum absolute atomic E-state index is 0.115. The summed E-state index contributed by atoms with van der Waals surface area (Å²) in [5.41, 5.74) is 13.4. The molecule has 1 atom stereocenters. The van der Waals surface area contributed by atoms with Gasteiger partial charge in [0.15, 0.2) is 0 Å². The van der Waals surface area contributed by atoms with Crippen molar-refractivity contribution in [2.75, 3.05) is 7.11 Å². The highest BCUT2D eigenvalue weighted by atomic mass is 16.5. The highest BCUT2D eigenvalue weighted by Gasteiger charge is 2.16. The van der Waals surface area contributed by atoms with E-state index >= 15 is 0 Å². The largest absolute Gasteiger partial charge is 0.464 e. The van der Waals surface area contributed by atoms with E-state index in [1.807, 2.05) is 0 Å². The lowest BCUT2D eigenvalue weighted by Gasteiger charge is -2.21. The van der Waals surface area contributed by atoms with Crippen LogP contribution in [-0.2, 0) is 9.53 Å². The zero-order valence-corrected chi connectivity index (χ0v) is 9.25. The first-order valence-corrected chi connectivity index (χ1v) is 5.10. The monoisotopic (exact) mass is 210 g/mol. The number of carbonyl (C=O) groups excluding carboxylic acids is 1. The van der Waals surface area contributed by atoms with Crippen LogP contribution < -0.4 is 11.5 Å². The molecule has 0 heterocycles. The van der Waals surface area contributed by atoms with Crippen molar-refractivity contribution in [3.05, 3.63) is 23.0 Å². The van der Waals surface area contributed by atoms with Gasteiger partial charge in [-0.2, -0.15) is 0 Å². The average Bonchev–Trinajstić information content (AvgIpc) is 2.23. The zero-order chi connectivity index (χ0) is 11.4. The number of rotatable bonds is 2. The molecule has 0 spiro atoms. The van der Waals surface area contributed by atoms with Crippen molar-refractivity contribution < 1.29 is 9.53 Å².